The quantitative estimate of drug-likeness (QED) is 0.00428. The van der Waals surface area contributed by atoms with E-state index in [1.54, 1.807) is 39.8 Å². The van der Waals surface area contributed by atoms with Gasteiger partial charge >= 0.3 is 17.9 Å². The Kier molecular flexibility index (Phi) is 57.3. The van der Waals surface area contributed by atoms with E-state index in [0.29, 0.717) is 52.2 Å². The predicted molar refractivity (Wildman–Crippen MR) is 495 cm³/mol. The number of aliphatic hydroxyl groups excluding tert-OH is 3. The number of rotatable bonds is 70. The minimum Gasteiger partial charge on any atom is -0.508 e. The summed E-state index contributed by atoms with van der Waals surface area (Å²) in [5, 5.41) is 113. The van der Waals surface area contributed by atoms with Gasteiger partial charge in [0.05, 0.1) is 51.7 Å². The predicted octanol–water partition coefficient (Wildman–Crippen LogP) is -7.41. The van der Waals surface area contributed by atoms with Crippen molar-refractivity contribution >= 4 is 158 Å². The molecule has 0 aromatic heterocycles. The zero-order chi connectivity index (χ0) is 101. The monoisotopic (exact) mass is 1970 g/mol. The van der Waals surface area contributed by atoms with Crippen molar-refractivity contribution in [1.29, 1.82) is 5.41 Å². The number of thiol groups is 2. The number of aromatic hydroxyl groups is 2. The van der Waals surface area contributed by atoms with Crippen molar-refractivity contribution < 1.29 is 132 Å². The number of unbranched alkanes of at least 4 members (excludes halogenated alkanes) is 2. The highest BCUT2D eigenvalue weighted by Crippen LogP contribution is 2.24. The van der Waals surface area contributed by atoms with Gasteiger partial charge in [-0.25, -0.2) is 25.8 Å². The maximum atomic E-state index is 14.7. The number of aliphatic hydroxyl groups is 3. The molecule has 0 aliphatic carbocycles. The number of Topliss-reactive ketones (excluding diaryl/α,β-unsaturated/α-hetero) is 2. The van der Waals surface area contributed by atoms with Gasteiger partial charge in [0.1, 0.15) is 96.1 Å². The molecule has 134 heavy (non-hydrogen) atoms. The molecule has 0 fully saturated rings. The summed E-state index contributed by atoms with van der Waals surface area (Å²) in [6.45, 7) is 7.12. The maximum absolute atomic E-state index is 14.7. The van der Waals surface area contributed by atoms with E-state index in [2.05, 4.69) is 94.2 Å². The Labute approximate surface area is 792 Å². The summed E-state index contributed by atoms with van der Waals surface area (Å²) in [4.78, 5) is 245. The molecule has 16 atom stereocenters. The number of carbonyl (C=O) groups excluding carboxylic acids is 15. The minimum absolute atomic E-state index is 0.00523. The smallest absolute Gasteiger partial charge is 0.328 e. The molecule has 0 saturated heterocycles. The van der Waals surface area contributed by atoms with Crippen LogP contribution in [-0.4, -0.2) is 307 Å². The van der Waals surface area contributed by atoms with Gasteiger partial charge in [0.25, 0.3) is 5.91 Å². The van der Waals surface area contributed by atoms with E-state index >= 15 is 0 Å². The number of carbonyl (C=O) groups is 18. The molecule has 35 N–H and O–H groups in total. The molecule has 0 aliphatic rings. The van der Waals surface area contributed by atoms with Crippen LogP contribution in [0.15, 0.2) is 48.5 Å². The van der Waals surface area contributed by atoms with Crippen LogP contribution in [0.3, 0.4) is 0 Å². The molecule has 0 aliphatic heterocycles. The van der Waals surface area contributed by atoms with Crippen molar-refractivity contribution in [2.45, 2.75) is 241 Å². The fourth-order valence-corrected chi connectivity index (χ4v) is 15.1. The fourth-order valence-electron chi connectivity index (χ4n) is 12.6. The second kappa shape index (κ2) is 64.3. The summed E-state index contributed by atoms with van der Waals surface area (Å²) in [5.74, 6) is -23.3. The number of carboxylic acid groups (broad SMARTS) is 3. The minimum atomic E-state index is -2.15. The van der Waals surface area contributed by atoms with Crippen molar-refractivity contribution in [2.75, 3.05) is 57.6 Å². The number of benzene rings is 2. The lowest BCUT2D eigenvalue weighted by Crippen LogP contribution is -2.62. The fraction of sp³-hybridized carbons (Fsp3) is 0.617. The van der Waals surface area contributed by atoms with Crippen molar-refractivity contribution in [1.82, 2.24) is 84.9 Å². The lowest BCUT2D eigenvalue weighted by Gasteiger charge is -2.29. The summed E-state index contributed by atoms with van der Waals surface area (Å²) in [6.07, 6.45) is -3.98. The first-order chi connectivity index (χ1) is 63.2. The van der Waals surface area contributed by atoms with Crippen molar-refractivity contribution in [2.24, 2.45) is 46.4 Å². The van der Waals surface area contributed by atoms with Crippen LogP contribution < -0.4 is 114 Å². The number of nitrogens with two attached hydrogens (primary N) is 5. The van der Waals surface area contributed by atoms with Crippen molar-refractivity contribution in [3.05, 3.63) is 59.7 Å². The van der Waals surface area contributed by atoms with Gasteiger partial charge in [-0.2, -0.15) is 25.3 Å². The lowest BCUT2D eigenvalue weighted by molar-refractivity contribution is -0.143. The SMILES string of the molecule is CC(C)CC(N)COC(Cc1ccc(O)cc1)C(=O)NN[C@@H](CS)C(=O)SSN[C@@H](CS)C(=O)C(=O)C(CC(N)=O)NC(=O)[C@H](CO)NC(=O)C(CO)NC(=O)[C@H](CC(=O)O)NN[C@@H](CC(=O)O)C(=O)NC(CC(C)C)C(=O)N[C@@H](CC(C)C)C(=O)NC(CCCCN)C(=O)N[C@@H](CCCCN)C(=O)NC(Cc1ccc(O)cc1)C(=O)N[C@@H](CCCNC(=N)N)C(=O)NC(CO)C(=O)O. The Bertz CT molecular complexity index is 4190. The topological polar surface area (TPSA) is 825 Å². The van der Waals surface area contributed by atoms with Gasteiger partial charge < -0.3 is 133 Å². The highest BCUT2D eigenvalue weighted by molar-refractivity contribution is 8.81. The number of phenols is 2. The third kappa shape index (κ3) is 47.0. The number of nitrogens with one attached hydrogen (secondary N) is 17. The summed E-state index contributed by atoms with van der Waals surface area (Å²) in [7, 11) is 1.03. The van der Waals surface area contributed by atoms with E-state index in [1.807, 2.05) is 29.8 Å². The molecule has 2 aromatic carbocycles. The maximum Gasteiger partial charge on any atom is 0.328 e. The number of hydrazine groups is 2. The Balaban J connectivity index is 2.39. The Morgan fingerprint density at radius 2 is 0.776 bits per heavy atom. The molecular weight excluding hydrogens is 1840 g/mol. The standard InChI is InChI=1S/C81H132N22O27S4/c1-40(2)26-45(84)37-130-62(30-44-17-21-47(108)22-18-44)78(126)102-101-61(39-132)80(129)133-134-103-60(38-131)67(115)66(114)51(31-63(85)109)92-76(124)57(34-104)97-77(125)58(35-105)96-75(123)56(33-65(112)113)100-99-55(32-64(110)111)74(122)94-53(28-42(5)6)72(120)93-52(27-41(3)4)71(119)90-48(12-7-9-23-82)68(116)89-49(13-8-10-24-83)69(117)95-54(29-43-15-19-46(107)20-16-43)73(121)91-50(14-11-25-88-81(86)87)70(118)98-59(36-106)79(127)128/h15-22,40-42,45,48-62,99-101,103-108,131-132H,7-14,23-39,82-84H2,1-6H3,(H2,85,109)(H,89,116)(H,90,119)(H,91,121)(H,92,124)(H,93,120)(H,94,122)(H,95,117)(H,96,123)(H,97,125)(H,98,118)(H,102,126)(H,110,111)(H,112,113)(H,127,128)(H4,86,87,88)/t45?,48?,49-,50-,51?,52-,53?,54?,55-,56-,57-,58?,59?,60-,61-,62?/m0/s1. The van der Waals surface area contributed by atoms with Crippen molar-refractivity contribution in [3.8, 4) is 11.5 Å². The second-order valence-electron chi connectivity index (χ2n) is 32.5. The first kappa shape index (κ1) is 119. The number of guanidine groups is 1. The summed E-state index contributed by atoms with van der Waals surface area (Å²) in [5.41, 5.74) is 39.2. The van der Waals surface area contributed by atoms with Gasteiger partial charge in [0.15, 0.2) is 5.96 Å². The van der Waals surface area contributed by atoms with E-state index in [-0.39, 0.29) is 114 Å². The highest BCUT2D eigenvalue weighted by atomic mass is 33.1. The van der Waals surface area contributed by atoms with E-state index in [9.17, 15) is 127 Å². The average Bonchev–Trinajstić information content (AvgIpc) is 0.859. The molecule has 752 valence electrons. The third-order valence-corrected chi connectivity index (χ3v) is 22.3. The molecule has 2 aromatic rings. The van der Waals surface area contributed by atoms with Gasteiger partial charge in [-0.1, -0.05) is 65.8 Å². The third-order valence-electron chi connectivity index (χ3n) is 19.6. The molecule has 12 amide bonds. The van der Waals surface area contributed by atoms with Gasteiger partial charge in [-0.3, -0.25) is 92.3 Å². The first-order valence-electron chi connectivity index (χ1n) is 43.0. The molecule has 8 unspecified atom stereocenters. The van der Waals surface area contributed by atoms with Gasteiger partial charge in [0, 0.05) is 36.9 Å². The van der Waals surface area contributed by atoms with Crippen LogP contribution in [-0.2, 0) is 104 Å². The number of primary amides is 1. The van der Waals surface area contributed by atoms with E-state index < -0.39 is 265 Å². The largest absolute Gasteiger partial charge is 0.508 e. The summed E-state index contributed by atoms with van der Waals surface area (Å²) >= 11 is 8.34. The highest BCUT2D eigenvalue weighted by Gasteiger charge is 2.40. The van der Waals surface area contributed by atoms with Crippen LogP contribution in [0.4, 0.5) is 0 Å². The van der Waals surface area contributed by atoms with E-state index in [1.165, 1.54) is 36.4 Å². The second-order valence-corrected chi connectivity index (χ2v) is 35.2. The first-order valence-corrected chi connectivity index (χ1v) is 46.4. The van der Waals surface area contributed by atoms with Crippen LogP contribution >= 0.6 is 47.0 Å². The number of ether oxygens (including phenoxy) is 1. The Morgan fingerprint density at radius 3 is 1.16 bits per heavy atom. The van der Waals surface area contributed by atoms with Crippen LogP contribution in [0.2, 0.25) is 0 Å². The van der Waals surface area contributed by atoms with Gasteiger partial charge in [-0.15, -0.1) is 0 Å². The number of hydrogen-bond acceptors (Lipinski definition) is 36. The number of ketones is 2. The number of phenolic OH excluding ortho intramolecular Hbond substituents is 2. The molecule has 49 nitrogen and oxygen atoms in total. The number of aliphatic carboxylic acids is 3. The zero-order valence-corrected chi connectivity index (χ0v) is 78.6. The van der Waals surface area contributed by atoms with E-state index in [4.69, 9.17) is 38.8 Å². The molecule has 0 heterocycles. The van der Waals surface area contributed by atoms with Crippen LogP contribution in [0.5, 0.6) is 11.5 Å². The zero-order valence-electron chi connectivity index (χ0n) is 75.2. The Hall–Kier alpha value is -10.7. The number of amides is 12. The van der Waals surface area contributed by atoms with Crippen LogP contribution in [0.1, 0.15) is 143 Å². The molecule has 53 heteroatoms. The number of carboxylic acids is 3. The van der Waals surface area contributed by atoms with Crippen LogP contribution in [0.25, 0.3) is 0 Å². The molecule has 0 radical (unpaired) electrons. The van der Waals surface area contributed by atoms with Gasteiger partial charge in [-0.05, 0) is 159 Å². The molecule has 0 bridgehead atoms. The molecule has 0 spiro atoms. The molecule has 0 saturated carbocycles. The summed E-state index contributed by atoms with van der Waals surface area (Å²) in [6, 6.07) is -13.2. The average molecular weight is 1970 g/mol. The Morgan fingerprint density at radius 1 is 0.418 bits per heavy atom. The number of hydrogen-bond donors (Lipinski definition) is 32. The molecular formula is C81H132N22O27S4. The van der Waals surface area contributed by atoms with E-state index in [0.717, 1.165) is 0 Å². The van der Waals surface area contributed by atoms with Gasteiger partial charge in [0.2, 0.25) is 81.7 Å². The van der Waals surface area contributed by atoms with Crippen molar-refractivity contribution in [3.63, 3.8) is 0 Å². The summed E-state index contributed by atoms with van der Waals surface area (Å²) < 4.78 is 8.47. The van der Waals surface area contributed by atoms with Crippen LogP contribution in [0, 0.1) is 23.2 Å². The normalized spacial score (nSPS) is 14.9. The lowest BCUT2D eigenvalue weighted by atomic mass is 9.99. The molecule has 2 rings (SSSR count).